The summed E-state index contributed by atoms with van der Waals surface area (Å²) in [5, 5.41) is 6.33. The van der Waals surface area contributed by atoms with E-state index in [1.165, 1.54) is 0 Å². The first-order valence-electron chi connectivity index (χ1n) is 9.96. The van der Waals surface area contributed by atoms with Crippen molar-refractivity contribution in [3.8, 4) is 0 Å². The summed E-state index contributed by atoms with van der Waals surface area (Å²) < 4.78 is 0.751. The molecule has 164 valence electrons. The van der Waals surface area contributed by atoms with Gasteiger partial charge in [-0.3, -0.25) is 14.9 Å². The highest BCUT2D eigenvalue weighted by Gasteiger charge is 2.24. The molecule has 0 bridgehead atoms. The van der Waals surface area contributed by atoms with Gasteiger partial charge in [-0.15, -0.1) is 0 Å². The topological polar surface area (TPSA) is 64.7 Å². The largest absolute Gasteiger partial charge is 0.366 e. The molecule has 2 N–H and O–H groups in total. The third-order valence-corrected chi connectivity index (χ3v) is 6.01. The number of nitrogens with one attached hydrogen (secondary N) is 2. The molecule has 1 saturated heterocycles. The summed E-state index contributed by atoms with van der Waals surface area (Å²) in [4.78, 5) is 28.9. The number of amides is 2. The van der Waals surface area contributed by atoms with Crippen LogP contribution in [0.4, 0.5) is 11.4 Å². The Kier molecular flexibility index (Phi) is 7.91. The van der Waals surface area contributed by atoms with Gasteiger partial charge in [0.15, 0.2) is 5.11 Å². The molecule has 0 saturated carbocycles. The lowest BCUT2D eigenvalue weighted by molar-refractivity contribution is -0.134. The van der Waals surface area contributed by atoms with Crippen molar-refractivity contribution in [2.24, 2.45) is 5.92 Å². The molecule has 0 radical (unpaired) electrons. The van der Waals surface area contributed by atoms with Crippen molar-refractivity contribution in [2.75, 3.05) is 36.4 Å². The van der Waals surface area contributed by atoms with E-state index >= 15 is 0 Å². The first kappa shape index (κ1) is 23.5. The van der Waals surface area contributed by atoms with Crippen LogP contribution in [0.25, 0.3) is 0 Å². The molecule has 0 unspecified atom stereocenters. The van der Waals surface area contributed by atoms with Gasteiger partial charge < -0.3 is 15.1 Å². The lowest BCUT2D eigenvalue weighted by atomic mass is 10.1. The fourth-order valence-corrected chi connectivity index (χ4v) is 4.15. The molecule has 1 aliphatic heterocycles. The van der Waals surface area contributed by atoms with Gasteiger partial charge in [-0.2, -0.15) is 0 Å². The number of nitrogens with zero attached hydrogens (tertiary/aromatic N) is 2. The van der Waals surface area contributed by atoms with E-state index in [1.54, 1.807) is 18.2 Å². The Labute approximate surface area is 201 Å². The average Bonchev–Trinajstić information content (AvgIpc) is 2.75. The molecule has 6 nitrogen and oxygen atoms in total. The van der Waals surface area contributed by atoms with E-state index in [-0.39, 0.29) is 22.8 Å². The van der Waals surface area contributed by atoms with Gasteiger partial charge in [0, 0.05) is 36.6 Å². The molecular weight excluding hydrogens is 500 g/mol. The molecule has 2 aromatic carbocycles. The fourth-order valence-electron chi connectivity index (χ4n) is 3.38. The maximum atomic E-state index is 12.6. The third kappa shape index (κ3) is 5.96. The van der Waals surface area contributed by atoms with Crippen LogP contribution in [0.3, 0.4) is 0 Å². The minimum Gasteiger partial charge on any atom is -0.366 e. The van der Waals surface area contributed by atoms with Crippen molar-refractivity contribution in [3.05, 3.63) is 57.5 Å². The SMILES string of the molecule is CC(C)C(=O)N1CCN(c2ccccc2NC(=S)NC(=O)c2cc(Br)ccc2Cl)CC1. The molecule has 9 heteroatoms. The van der Waals surface area contributed by atoms with Crippen molar-refractivity contribution < 1.29 is 9.59 Å². The molecule has 2 amide bonds. The van der Waals surface area contributed by atoms with E-state index in [9.17, 15) is 9.59 Å². The number of benzene rings is 2. The second-order valence-electron chi connectivity index (χ2n) is 7.52. The molecule has 1 heterocycles. The quantitative estimate of drug-likeness (QED) is 0.577. The van der Waals surface area contributed by atoms with Crippen LogP contribution < -0.4 is 15.5 Å². The van der Waals surface area contributed by atoms with Crippen LogP contribution in [0, 0.1) is 5.92 Å². The monoisotopic (exact) mass is 522 g/mol. The third-order valence-electron chi connectivity index (χ3n) is 4.98. The van der Waals surface area contributed by atoms with Crippen molar-refractivity contribution in [1.29, 1.82) is 0 Å². The maximum absolute atomic E-state index is 12.6. The summed E-state index contributed by atoms with van der Waals surface area (Å²) in [5.41, 5.74) is 2.09. The normalized spacial score (nSPS) is 13.8. The van der Waals surface area contributed by atoms with Crippen molar-refractivity contribution in [2.45, 2.75) is 13.8 Å². The van der Waals surface area contributed by atoms with Crippen molar-refractivity contribution in [1.82, 2.24) is 10.2 Å². The van der Waals surface area contributed by atoms with Crippen LogP contribution in [-0.2, 0) is 4.79 Å². The number of rotatable bonds is 4. The second kappa shape index (κ2) is 10.4. The first-order chi connectivity index (χ1) is 14.8. The number of piperazine rings is 1. The molecule has 31 heavy (non-hydrogen) atoms. The van der Waals surface area contributed by atoms with Crippen molar-refractivity contribution in [3.63, 3.8) is 0 Å². The Hall–Kier alpha value is -2.16. The Morgan fingerprint density at radius 2 is 1.77 bits per heavy atom. The molecule has 0 aromatic heterocycles. The zero-order chi connectivity index (χ0) is 22.5. The molecule has 2 aromatic rings. The van der Waals surface area contributed by atoms with E-state index < -0.39 is 0 Å². The minimum absolute atomic E-state index is 0.000212. The van der Waals surface area contributed by atoms with Gasteiger partial charge in [0.05, 0.1) is 22.0 Å². The van der Waals surface area contributed by atoms with Crippen LogP contribution in [0.5, 0.6) is 0 Å². The summed E-state index contributed by atoms with van der Waals surface area (Å²) in [7, 11) is 0. The minimum atomic E-state index is -0.387. The van der Waals surface area contributed by atoms with Crippen LogP contribution in [-0.4, -0.2) is 48.0 Å². The Bertz CT molecular complexity index is 993. The maximum Gasteiger partial charge on any atom is 0.258 e. The molecule has 1 aliphatic rings. The molecule has 0 spiro atoms. The van der Waals surface area contributed by atoms with Crippen LogP contribution in [0.1, 0.15) is 24.2 Å². The number of halogens is 2. The lowest BCUT2D eigenvalue weighted by Gasteiger charge is -2.37. The van der Waals surface area contributed by atoms with Gasteiger partial charge in [0.25, 0.3) is 5.91 Å². The average molecular weight is 524 g/mol. The predicted octanol–water partition coefficient (Wildman–Crippen LogP) is 4.53. The Balaban J connectivity index is 1.66. The van der Waals surface area contributed by atoms with E-state index in [2.05, 4.69) is 31.5 Å². The number of carbonyl (C=O) groups is 2. The smallest absolute Gasteiger partial charge is 0.258 e. The summed E-state index contributed by atoms with van der Waals surface area (Å²) in [5.74, 6) is -0.205. The summed E-state index contributed by atoms with van der Waals surface area (Å²) in [6.07, 6.45) is 0. The highest BCUT2D eigenvalue weighted by molar-refractivity contribution is 9.10. The summed E-state index contributed by atoms with van der Waals surface area (Å²) in [6, 6.07) is 12.8. The predicted molar refractivity (Wildman–Crippen MR) is 133 cm³/mol. The van der Waals surface area contributed by atoms with E-state index in [1.807, 2.05) is 43.0 Å². The second-order valence-corrected chi connectivity index (χ2v) is 9.25. The molecule has 0 atom stereocenters. The zero-order valence-electron chi connectivity index (χ0n) is 17.3. The lowest BCUT2D eigenvalue weighted by Crippen LogP contribution is -2.50. The summed E-state index contributed by atoms with van der Waals surface area (Å²) in [6.45, 7) is 6.64. The molecule has 3 rings (SSSR count). The molecule has 0 aliphatic carbocycles. The van der Waals surface area contributed by atoms with Crippen LogP contribution in [0.2, 0.25) is 5.02 Å². The van der Waals surface area contributed by atoms with E-state index in [0.29, 0.717) is 23.7 Å². The summed E-state index contributed by atoms with van der Waals surface area (Å²) >= 11 is 14.8. The number of hydrogen-bond donors (Lipinski definition) is 2. The fraction of sp³-hybridized carbons (Fsp3) is 0.318. The van der Waals surface area contributed by atoms with Gasteiger partial charge in [0.2, 0.25) is 5.91 Å². The number of carbonyl (C=O) groups excluding carboxylic acids is 2. The highest BCUT2D eigenvalue weighted by atomic mass is 79.9. The molecular formula is C22H24BrClN4O2S. The number of para-hydroxylation sites is 2. The van der Waals surface area contributed by atoms with Crippen LogP contribution >= 0.6 is 39.7 Å². The Morgan fingerprint density at radius 3 is 2.45 bits per heavy atom. The van der Waals surface area contributed by atoms with Gasteiger partial charge in [-0.1, -0.05) is 53.5 Å². The standard InChI is InChI=1S/C22H24BrClN4O2S/c1-14(2)21(30)28-11-9-27(10-12-28)19-6-4-3-5-18(19)25-22(31)26-20(29)16-13-15(23)7-8-17(16)24/h3-8,13-14H,9-12H2,1-2H3,(H2,25,26,29,31). The highest BCUT2D eigenvalue weighted by Crippen LogP contribution is 2.27. The van der Waals surface area contributed by atoms with Crippen LogP contribution in [0.15, 0.2) is 46.9 Å². The van der Waals surface area contributed by atoms with Gasteiger partial charge >= 0.3 is 0 Å². The van der Waals surface area contributed by atoms with E-state index in [0.717, 1.165) is 28.9 Å². The zero-order valence-corrected chi connectivity index (χ0v) is 20.5. The van der Waals surface area contributed by atoms with Crippen molar-refractivity contribution >= 4 is 68.1 Å². The Morgan fingerprint density at radius 1 is 1.10 bits per heavy atom. The number of hydrogen-bond acceptors (Lipinski definition) is 4. The van der Waals surface area contributed by atoms with Gasteiger partial charge in [-0.25, -0.2) is 0 Å². The molecule has 1 fully saturated rings. The van der Waals surface area contributed by atoms with E-state index in [4.69, 9.17) is 23.8 Å². The van der Waals surface area contributed by atoms with Gasteiger partial charge in [0.1, 0.15) is 0 Å². The first-order valence-corrected chi connectivity index (χ1v) is 11.5. The number of anilines is 2. The van der Waals surface area contributed by atoms with Gasteiger partial charge in [-0.05, 0) is 42.5 Å². The number of thiocarbonyl (C=S) groups is 1.